The van der Waals surface area contributed by atoms with E-state index in [1.54, 1.807) is 17.1 Å². The molecule has 2 rings (SSSR count). The molecule has 0 fully saturated rings. The van der Waals surface area contributed by atoms with Gasteiger partial charge in [0.1, 0.15) is 12.5 Å². The van der Waals surface area contributed by atoms with Crippen LogP contribution in [0.15, 0.2) is 30.6 Å². The predicted octanol–water partition coefficient (Wildman–Crippen LogP) is 4.94. The third-order valence-electron chi connectivity index (χ3n) is 3.42. The Kier molecular flexibility index (Phi) is 5.64. The van der Waals surface area contributed by atoms with E-state index in [1.165, 1.54) is 6.07 Å². The maximum Gasteiger partial charge on any atom is 0.266 e. The van der Waals surface area contributed by atoms with Crippen molar-refractivity contribution in [1.82, 2.24) is 9.78 Å². The number of hydrogen-bond acceptors (Lipinski definition) is 2. The Balaban J connectivity index is 2.01. The summed E-state index contributed by atoms with van der Waals surface area (Å²) < 4.78 is 46.0. The number of benzene rings is 1. The number of rotatable bonds is 7. The zero-order valence-electron chi connectivity index (χ0n) is 13.5. The van der Waals surface area contributed by atoms with Crippen LogP contribution >= 0.6 is 0 Å². The first-order valence-corrected chi connectivity index (χ1v) is 11.2. The van der Waals surface area contributed by atoms with E-state index in [0.717, 1.165) is 18.2 Å². The van der Waals surface area contributed by atoms with Gasteiger partial charge in [0.05, 0.1) is 11.8 Å². The van der Waals surface area contributed by atoms with E-state index in [1.807, 2.05) is 0 Å². The monoisotopic (exact) mass is 342 g/mol. The second kappa shape index (κ2) is 7.31. The maximum absolute atomic E-state index is 13.3. The fourth-order valence-corrected chi connectivity index (χ4v) is 2.77. The number of hydrogen-bond donors (Lipinski definition) is 0. The fraction of sp³-hybridized carbons (Fsp3) is 0.438. The van der Waals surface area contributed by atoms with Gasteiger partial charge in [-0.25, -0.2) is 17.9 Å². The van der Waals surface area contributed by atoms with E-state index in [9.17, 15) is 13.2 Å². The molecule has 3 nitrogen and oxygen atoms in total. The van der Waals surface area contributed by atoms with Crippen LogP contribution in [0, 0.1) is 5.82 Å². The van der Waals surface area contributed by atoms with Crippen molar-refractivity contribution in [1.29, 1.82) is 0 Å². The molecule has 126 valence electrons. The third kappa shape index (κ3) is 5.21. The summed E-state index contributed by atoms with van der Waals surface area (Å²) in [5.74, 6) is -0.897. The van der Waals surface area contributed by atoms with Gasteiger partial charge in [-0.05, 0) is 23.7 Å². The van der Waals surface area contributed by atoms with Crippen LogP contribution in [0.3, 0.4) is 0 Å². The van der Waals surface area contributed by atoms with Crippen molar-refractivity contribution in [2.24, 2.45) is 0 Å². The highest BCUT2D eigenvalue weighted by Gasteiger charge is 2.15. The van der Waals surface area contributed by atoms with Crippen molar-refractivity contribution in [3.63, 3.8) is 0 Å². The Morgan fingerprint density at radius 2 is 1.96 bits per heavy atom. The average Bonchev–Trinajstić information content (AvgIpc) is 2.91. The van der Waals surface area contributed by atoms with Gasteiger partial charge in [-0.2, -0.15) is 5.10 Å². The fourth-order valence-electron chi connectivity index (χ4n) is 2.01. The molecule has 0 bridgehead atoms. The summed E-state index contributed by atoms with van der Waals surface area (Å²) >= 11 is 0. The van der Waals surface area contributed by atoms with Crippen molar-refractivity contribution in [3.8, 4) is 11.1 Å². The van der Waals surface area contributed by atoms with E-state index in [-0.39, 0.29) is 0 Å². The van der Waals surface area contributed by atoms with Crippen LogP contribution < -0.4 is 0 Å². The summed E-state index contributed by atoms with van der Waals surface area (Å²) in [6, 6.07) is 4.75. The molecule has 2 aromatic rings. The van der Waals surface area contributed by atoms with Crippen molar-refractivity contribution < 1.29 is 17.9 Å². The molecule has 1 heterocycles. The molecule has 1 aromatic carbocycles. The molecule has 7 heteroatoms. The molecule has 0 aliphatic heterocycles. The SMILES string of the molecule is C[Si](C)(C)CCOCn1cc(-c2ccc(F)c(C(F)F)c2)cn1. The molecule has 0 atom stereocenters. The topological polar surface area (TPSA) is 27.1 Å². The second-order valence-corrected chi connectivity index (χ2v) is 12.3. The van der Waals surface area contributed by atoms with Crippen molar-refractivity contribution in [2.45, 2.75) is 38.8 Å². The molecule has 23 heavy (non-hydrogen) atoms. The summed E-state index contributed by atoms with van der Waals surface area (Å²) in [5, 5.41) is 4.15. The van der Waals surface area contributed by atoms with Gasteiger partial charge in [-0.15, -0.1) is 0 Å². The van der Waals surface area contributed by atoms with Crippen molar-refractivity contribution >= 4 is 8.07 Å². The molecule has 0 saturated carbocycles. The number of ether oxygens (including phenoxy) is 1. The highest BCUT2D eigenvalue weighted by atomic mass is 28.3. The van der Waals surface area contributed by atoms with Gasteiger partial charge in [0.2, 0.25) is 0 Å². The summed E-state index contributed by atoms with van der Waals surface area (Å²) in [4.78, 5) is 0. The minimum Gasteiger partial charge on any atom is -0.360 e. The molecule has 1 aromatic heterocycles. The Morgan fingerprint density at radius 3 is 2.61 bits per heavy atom. The largest absolute Gasteiger partial charge is 0.360 e. The quantitative estimate of drug-likeness (QED) is 0.526. The standard InChI is InChI=1S/C16H21F3N2OSi/c1-23(2,3)7-6-22-11-21-10-13(9-20-21)12-4-5-15(17)14(8-12)16(18)19/h4-5,8-10,16H,6-7,11H2,1-3H3. The van der Waals surface area contributed by atoms with Crippen molar-refractivity contribution in [3.05, 3.63) is 42.0 Å². The summed E-state index contributed by atoms with van der Waals surface area (Å²) in [6.07, 6.45) is 0.427. The van der Waals surface area contributed by atoms with Gasteiger partial charge in [0.25, 0.3) is 6.43 Å². The second-order valence-electron chi connectivity index (χ2n) is 6.65. The lowest BCUT2D eigenvalue weighted by molar-refractivity contribution is 0.0786. The minimum absolute atomic E-state index is 0.313. The van der Waals surface area contributed by atoms with Gasteiger partial charge in [0, 0.05) is 26.4 Å². The average molecular weight is 342 g/mol. The molecule has 0 aliphatic carbocycles. The van der Waals surface area contributed by atoms with Crippen LogP contribution in [0.1, 0.15) is 12.0 Å². The van der Waals surface area contributed by atoms with Crippen LogP contribution in [-0.4, -0.2) is 24.5 Å². The lowest BCUT2D eigenvalue weighted by Crippen LogP contribution is -2.22. The Morgan fingerprint density at radius 1 is 1.22 bits per heavy atom. The molecule has 0 aliphatic rings. The highest BCUT2D eigenvalue weighted by molar-refractivity contribution is 6.76. The van der Waals surface area contributed by atoms with Gasteiger partial charge in [-0.3, -0.25) is 0 Å². The van der Waals surface area contributed by atoms with E-state index in [2.05, 4.69) is 24.7 Å². The van der Waals surface area contributed by atoms with Crippen LogP contribution in [0.4, 0.5) is 13.2 Å². The van der Waals surface area contributed by atoms with Crippen LogP contribution in [0.25, 0.3) is 11.1 Å². The number of aromatic nitrogens is 2. The van der Waals surface area contributed by atoms with Crippen LogP contribution in [0.5, 0.6) is 0 Å². The molecule has 0 saturated heterocycles. The number of nitrogens with zero attached hydrogens (tertiary/aromatic N) is 2. The van der Waals surface area contributed by atoms with E-state index in [0.29, 0.717) is 24.5 Å². The first-order chi connectivity index (χ1) is 10.8. The normalized spacial score (nSPS) is 12.1. The molecule has 0 radical (unpaired) electrons. The van der Waals surface area contributed by atoms with Gasteiger partial charge in [0.15, 0.2) is 0 Å². The Hall–Kier alpha value is -1.60. The minimum atomic E-state index is -2.84. The predicted molar refractivity (Wildman–Crippen MR) is 86.7 cm³/mol. The zero-order valence-corrected chi connectivity index (χ0v) is 14.5. The summed E-state index contributed by atoms with van der Waals surface area (Å²) in [5.41, 5.74) is 0.567. The first-order valence-electron chi connectivity index (χ1n) is 7.44. The Bertz CT molecular complexity index is 653. The van der Waals surface area contributed by atoms with Crippen LogP contribution in [-0.2, 0) is 11.5 Å². The van der Waals surface area contributed by atoms with Gasteiger partial charge >= 0.3 is 0 Å². The van der Waals surface area contributed by atoms with Crippen LogP contribution in [0.2, 0.25) is 25.7 Å². The molecule has 0 spiro atoms. The molecular weight excluding hydrogens is 321 g/mol. The lowest BCUT2D eigenvalue weighted by Gasteiger charge is -2.15. The first kappa shape index (κ1) is 17.7. The lowest BCUT2D eigenvalue weighted by atomic mass is 10.1. The zero-order chi connectivity index (χ0) is 17.0. The third-order valence-corrected chi connectivity index (χ3v) is 5.12. The van der Waals surface area contributed by atoms with Gasteiger partial charge < -0.3 is 4.74 Å². The van der Waals surface area contributed by atoms with Crippen molar-refractivity contribution in [2.75, 3.05) is 6.61 Å². The number of halogens is 3. The maximum atomic E-state index is 13.3. The van der Waals surface area contributed by atoms with E-state index >= 15 is 0 Å². The summed E-state index contributed by atoms with van der Waals surface area (Å²) in [7, 11) is -1.13. The number of alkyl halides is 2. The molecular formula is C16H21F3N2OSi. The highest BCUT2D eigenvalue weighted by Crippen LogP contribution is 2.27. The van der Waals surface area contributed by atoms with E-state index in [4.69, 9.17) is 4.74 Å². The molecule has 0 unspecified atom stereocenters. The smallest absolute Gasteiger partial charge is 0.266 e. The molecule has 0 amide bonds. The Labute approximate surface area is 135 Å². The van der Waals surface area contributed by atoms with E-state index < -0.39 is 25.9 Å². The summed E-state index contributed by atoms with van der Waals surface area (Å²) in [6.45, 7) is 7.82. The van der Waals surface area contributed by atoms with Gasteiger partial charge in [-0.1, -0.05) is 25.7 Å². The molecule has 0 N–H and O–H groups in total.